The van der Waals surface area contributed by atoms with Gasteiger partial charge in [-0.1, -0.05) is 0 Å². The Morgan fingerprint density at radius 1 is 1.29 bits per heavy atom. The number of ether oxygens (including phenoxy) is 2. The number of nitrogens with two attached hydrogens (primary N) is 1. The van der Waals surface area contributed by atoms with Crippen molar-refractivity contribution in [3.63, 3.8) is 0 Å². The largest absolute Gasteiger partial charge is 0.497 e. The molecule has 1 aromatic heterocycles. The van der Waals surface area contributed by atoms with E-state index < -0.39 is 5.91 Å². The van der Waals surface area contributed by atoms with Gasteiger partial charge in [-0.05, 0) is 12.5 Å². The van der Waals surface area contributed by atoms with Crippen LogP contribution in [0.3, 0.4) is 0 Å². The Labute approximate surface area is 98.5 Å². The smallest absolute Gasteiger partial charge is 0.265 e. The lowest BCUT2D eigenvalue weighted by atomic mass is 10.1. The van der Waals surface area contributed by atoms with Gasteiger partial charge in [0.25, 0.3) is 5.91 Å². The molecule has 3 N–H and O–H groups in total. The van der Waals surface area contributed by atoms with Crippen molar-refractivity contribution in [3.05, 3.63) is 23.4 Å². The van der Waals surface area contributed by atoms with Gasteiger partial charge < -0.3 is 20.2 Å². The van der Waals surface area contributed by atoms with E-state index in [1.807, 2.05) is 6.92 Å². The van der Waals surface area contributed by atoms with Crippen molar-refractivity contribution < 1.29 is 14.3 Å². The van der Waals surface area contributed by atoms with Crippen LogP contribution in [0.5, 0.6) is 11.5 Å². The monoisotopic (exact) mass is 234 g/mol. The third-order valence-electron chi connectivity index (χ3n) is 2.79. The van der Waals surface area contributed by atoms with Gasteiger partial charge in [0, 0.05) is 17.5 Å². The Morgan fingerprint density at radius 2 is 2.00 bits per heavy atom. The van der Waals surface area contributed by atoms with Crippen molar-refractivity contribution in [1.82, 2.24) is 4.98 Å². The van der Waals surface area contributed by atoms with Crippen LogP contribution in [0.25, 0.3) is 10.9 Å². The molecular formula is C12H14N2O3. The topological polar surface area (TPSA) is 77.3 Å². The second-order valence-corrected chi connectivity index (χ2v) is 3.74. The first-order valence-electron chi connectivity index (χ1n) is 5.12. The standard InChI is InChI=1S/C12H14N2O3/c1-6-10-8(14-11(6)12(13)15)4-7(16-2)5-9(10)17-3/h4-5,14H,1-3H3,(H2,13,15). The summed E-state index contributed by atoms with van der Waals surface area (Å²) in [6.45, 7) is 1.83. The van der Waals surface area contributed by atoms with Gasteiger partial charge in [0.05, 0.1) is 19.7 Å². The van der Waals surface area contributed by atoms with Crippen LogP contribution in [-0.4, -0.2) is 25.1 Å². The summed E-state index contributed by atoms with van der Waals surface area (Å²) in [4.78, 5) is 14.2. The van der Waals surface area contributed by atoms with Crippen LogP contribution in [0.1, 0.15) is 16.1 Å². The maximum atomic E-state index is 11.3. The third-order valence-corrected chi connectivity index (χ3v) is 2.79. The quantitative estimate of drug-likeness (QED) is 0.846. The van der Waals surface area contributed by atoms with E-state index in [1.54, 1.807) is 26.4 Å². The molecule has 0 unspecified atom stereocenters. The number of rotatable bonds is 3. The zero-order chi connectivity index (χ0) is 12.6. The number of methoxy groups -OCH3 is 2. The fourth-order valence-electron chi connectivity index (χ4n) is 1.95. The molecule has 0 radical (unpaired) electrons. The maximum Gasteiger partial charge on any atom is 0.265 e. The summed E-state index contributed by atoms with van der Waals surface area (Å²) in [7, 11) is 3.15. The lowest BCUT2D eigenvalue weighted by Crippen LogP contribution is -2.12. The zero-order valence-electron chi connectivity index (χ0n) is 9.96. The number of aromatic amines is 1. The molecule has 0 atom stereocenters. The van der Waals surface area contributed by atoms with Crippen LogP contribution < -0.4 is 15.2 Å². The van der Waals surface area contributed by atoms with Gasteiger partial charge in [-0.15, -0.1) is 0 Å². The van der Waals surface area contributed by atoms with E-state index in [0.29, 0.717) is 17.2 Å². The van der Waals surface area contributed by atoms with E-state index >= 15 is 0 Å². The molecule has 0 bridgehead atoms. The van der Waals surface area contributed by atoms with E-state index in [9.17, 15) is 4.79 Å². The molecule has 0 spiro atoms. The average molecular weight is 234 g/mol. The van der Waals surface area contributed by atoms with E-state index in [1.165, 1.54) is 0 Å². The number of amides is 1. The van der Waals surface area contributed by atoms with Crippen molar-refractivity contribution in [1.29, 1.82) is 0 Å². The minimum absolute atomic E-state index is 0.395. The normalized spacial score (nSPS) is 10.5. The number of nitrogens with one attached hydrogen (secondary N) is 1. The molecule has 0 aliphatic heterocycles. The third kappa shape index (κ3) is 1.69. The predicted molar refractivity (Wildman–Crippen MR) is 64.7 cm³/mol. The Bertz CT molecular complexity index is 587. The molecule has 0 fully saturated rings. The highest BCUT2D eigenvalue weighted by Gasteiger charge is 2.16. The molecule has 1 aromatic carbocycles. The molecule has 90 valence electrons. The van der Waals surface area contributed by atoms with Gasteiger partial charge in [-0.3, -0.25) is 4.79 Å². The van der Waals surface area contributed by atoms with E-state index in [0.717, 1.165) is 16.5 Å². The fourth-order valence-corrected chi connectivity index (χ4v) is 1.95. The molecule has 0 saturated heterocycles. The number of aromatic nitrogens is 1. The number of carbonyl (C=O) groups excluding carboxylic acids is 1. The molecule has 1 amide bonds. The Morgan fingerprint density at radius 3 is 2.53 bits per heavy atom. The van der Waals surface area contributed by atoms with Crippen LogP contribution >= 0.6 is 0 Å². The number of carbonyl (C=O) groups is 1. The number of primary amides is 1. The zero-order valence-corrected chi connectivity index (χ0v) is 9.96. The summed E-state index contributed by atoms with van der Waals surface area (Å²) in [6, 6.07) is 3.57. The number of aryl methyl sites for hydroxylation is 1. The highest BCUT2D eigenvalue weighted by molar-refractivity contribution is 6.02. The Hall–Kier alpha value is -2.17. The molecule has 0 aliphatic carbocycles. The lowest BCUT2D eigenvalue weighted by Gasteiger charge is -2.06. The van der Waals surface area contributed by atoms with Crippen LogP contribution in [0.4, 0.5) is 0 Å². The predicted octanol–water partition coefficient (Wildman–Crippen LogP) is 1.59. The van der Waals surface area contributed by atoms with Crippen LogP contribution in [0, 0.1) is 6.92 Å². The molecule has 2 rings (SSSR count). The number of H-pyrrole nitrogens is 1. The van der Waals surface area contributed by atoms with Crippen LogP contribution in [0.15, 0.2) is 12.1 Å². The second-order valence-electron chi connectivity index (χ2n) is 3.74. The average Bonchev–Trinajstić information content (AvgIpc) is 2.65. The lowest BCUT2D eigenvalue weighted by molar-refractivity contribution is 0.0996. The molecule has 1 heterocycles. The van der Waals surface area contributed by atoms with Gasteiger partial charge >= 0.3 is 0 Å². The van der Waals surface area contributed by atoms with Gasteiger partial charge in [0.2, 0.25) is 0 Å². The molecule has 0 aliphatic rings. The van der Waals surface area contributed by atoms with Gasteiger partial charge in [0.15, 0.2) is 0 Å². The summed E-state index contributed by atoms with van der Waals surface area (Å²) in [5.41, 5.74) is 7.25. The molecule has 2 aromatic rings. The first kappa shape index (κ1) is 11.3. The van der Waals surface area contributed by atoms with Crippen molar-refractivity contribution in [2.24, 2.45) is 5.73 Å². The molecule has 5 heteroatoms. The highest BCUT2D eigenvalue weighted by Crippen LogP contribution is 2.34. The SMILES string of the molecule is COc1cc(OC)c2c(C)c(C(N)=O)[nH]c2c1. The Kier molecular flexibility index (Phi) is 2.67. The number of benzene rings is 1. The van der Waals surface area contributed by atoms with Gasteiger partial charge in [0.1, 0.15) is 17.2 Å². The van der Waals surface area contributed by atoms with Crippen molar-refractivity contribution >= 4 is 16.8 Å². The summed E-state index contributed by atoms with van der Waals surface area (Å²) in [5, 5.41) is 0.849. The summed E-state index contributed by atoms with van der Waals surface area (Å²) >= 11 is 0. The number of fused-ring (bicyclic) bond motifs is 1. The second kappa shape index (κ2) is 4.01. The van der Waals surface area contributed by atoms with E-state index in [4.69, 9.17) is 15.2 Å². The van der Waals surface area contributed by atoms with Crippen LogP contribution in [0.2, 0.25) is 0 Å². The maximum absolute atomic E-state index is 11.3. The van der Waals surface area contributed by atoms with Crippen molar-refractivity contribution in [3.8, 4) is 11.5 Å². The Balaban J connectivity index is 2.81. The first-order valence-corrected chi connectivity index (χ1v) is 5.12. The number of hydrogen-bond acceptors (Lipinski definition) is 3. The van der Waals surface area contributed by atoms with Gasteiger partial charge in [-0.25, -0.2) is 0 Å². The molecule has 5 nitrogen and oxygen atoms in total. The summed E-state index contributed by atoms with van der Waals surface area (Å²) < 4.78 is 10.4. The first-order chi connectivity index (χ1) is 8.08. The fraction of sp³-hybridized carbons (Fsp3) is 0.250. The van der Waals surface area contributed by atoms with Crippen molar-refractivity contribution in [2.75, 3.05) is 14.2 Å². The number of hydrogen-bond donors (Lipinski definition) is 2. The van der Waals surface area contributed by atoms with Gasteiger partial charge in [-0.2, -0.15) is 0 Å². The van der Waals surface area contributed by atoms with E-state index in [-0.39, 0.29) is 0 Å². The minimum atomic E-state index is -0.486. The molecule has 17 heavy (non-hydrogen) atoms. The van der Waals surface area contributed by atoms with Crippen LogP contribution in [-0.2, 0) is 0 Å². The van der Waals surface area contributed by atoms with E-state index in [2.05, 4.69) is 4.98 Å². The highest BCUT2D eigenvalue weighted by atomic mass is 16.5. The molecular weight excluding hydrogens is 220 g/mol. The summed E-state index contributed by atoms with van der Waals surface area (Å²) in [6.07, 6.45) is 0. The molecule has 0 saturated carbocycles. The summed E-state index contributed by atoms with van der Waals surface area (Å²) in [5.74, 6) is 0.826. The van der Waals surface area contributed by atoms with Crippen molar-refractivity contribution in [2.45, 2.75) is 6.92 Å². The minimum Gasteiger partial charge on any atom is -0.497 e.